The standard InChI is InChI=1S/C15H19N5O3/c1-4-23-15(22)18-13-8-16-20(19-13)9-14(21)17-12-6-5-10(2)7-11(12)3/h5-8H,4,9H2,1-3H3,(H,17,21)(H,18,19,22). The molecule has 0 aliphatic rings. The number of hydrogen-bond donors (Lipinski definition) is 2. The highest BCUT2D eigenvalue weighted by Crippen LogP contribution is 2.15. The number of aromatic nitrogens is 3. The van der Waals surface area contributed by atoms with Crippen LogP contribution in [0.15, 0.2) is 24.4 Å². The fourth-order valence-corrected chi connectivity index (χ4v) is 1.97. The van der Waals surface area contributed by atoms with Gasteiger partial charge in [0.1, 0.15) is 6.54 Å². The van der Waals surface area contributed by atoms with Gasteiger partial charge in [0.05, 0.1) is 12.8 Å². The summed E-state index contributed by atoms with van der Waals surface area (Å²) in [6.07, 6.45) is 0.737. The van der Waals surface area contributed by atoms with Crippen LogP contribution in [-0.4, -0.2) is 33.6 Å². The molecule has 0 radical (unpaired) electrons. The summed E-state index contributed by atoms with van der Waals surface area (Å²) in [5, 5.41) is 13.1. The maximum Gasteiger partial charge on any atom is 0.412 e. The van der Waals surface area contributed by atoms with Gasteiger partial charge in [-0.05, 0) is 32.4 Å². The van der Waals surface area contributed by atoms with Gasteiger partial charge in [-0.1, -0.05) is 17.7 Å². The smallest absolute Gasteiger partial charge is 0.412 e. The van der Waals surface area contributed by atoms with E-state index in [4.69, 9.17) is 4.74 Å². The van der Waals surface area contributed by atoms with E-state index < -0.39 is 6.09 Å². The van der Waals surface area contributed by atoms with Crippen LogP contribution in [0, 0.1) is 13.8 Å². The summed E-state index contributed by atoms with van der Waals surface area (Å²) in [4.78, 5) is 24.5. The molecule has 0 saturated heterocycles. The summed E-state index contributed by atoms with van der Waals surface area (Å²) >= 11 is 0. The van der Waals surface area contributed by atoms with Gasteiger partial charge in [-0.15, -0.1) is 5.10 Å². The summed E-state index contributed by atoms with van der Waals surface area (Å²) in [6.45, 7) is 5.82. The van der Waals surface area contributed by atoms with Crippen molar-refractivity contribution in [3.8, 4) is 0 Å². The van der Waals surface area contributed by atoms with Gasteiger partial charge in [-0.3, -0.25) is 10.1 Å². The first-order chi connectivity index (χ1) is 11.0. The number of ether oxygens (including phenoxy) is 1. The number of rotatable bonds is 5. The molecule has 2 N–H and O–H groups in total. The van der Waals surface area contributed by atoms with E-state index in [2.05, 4.69) is 20.8 Å². The lowest BCUT2D eigenvalue weighted by Crippen LogP contribution is -2.21. The molecule has 0 fully saturated rings. The zero-order valence-corrected chi connectivity index (χ0v) is 13.3. The van der Waals surface area contributed by atoms with Gasteiger partial charge in [-0.2, -0.15) is 9.90 Å². The Bertz CT molecular complexity index is 711. The zero-order valence-electron chi connectivity index (χ0n) is 13.3. The highest BCUT2D eigenvalue weighted by atomic mass is 16.5. The van der Waals surface area contributed by atoms with Gasteiger partial charge in [0.15, 0.2) is 5.82 Å². The third-order valence-electron chi connectivity index (χ3n) is 2.98. The van der Waals surface area contributed by atoms with Crippen molar-refractivity contribution in [2.75, 3.05) is 17.2 Å². The number of carbonyl (C=O) groups excluding carboxylic acids is 2. The number of nitrogens with zero attached hydrogens (tertiary/aromatic N) is 3. The maximum atomic E-state index is 12.0. The van der Waals surface area contributed by atoms with Gasteiger partial charge >= 0.3 is 6.09 Å². The Hall–Kier alpha value is -2.90. The quantitative estimate of drug-likeness (QED) is 0.880. The normalized spacial score (nSPS) is 10.2. The fraction of sp³-hybridized carbons (Fsp3) is 0.333. The van der Waals surface area contributed by atoms with Crippen molar-refractivity contribution < 1.29 is 14.3 Å². The van der Waals surface area contributed by atoms with Gasteiger partial charge in [0, 0.05) is 5.69 Å². The summed E-state index contributed by atoms with van der Waals surface area (Å²) in [5.74, 6) is -0.0296. The molecule has 1 aromatic carbocycles. The van der Waals surface area contributed by atoms with Crippen molar-refractivity contribution in [1.29, 1.82) is 0 Å². The predicted octanol–water partition coefficient (Wildman–Crippen LogP) is 2.10. The van der Waals surface area contributed by atoms with Crippen LogP contribution in [0.1, 0.15) is 18.1 Å². The third kappa shape index (κ3) is 4.80. The molecule has 8 nitrogen and oxygen atoms in total. The third-order valence-corrected chi connectivity index (χ3v) is 2.98. The van der Waals surface area contributed by atoms with Crippen LogP contribution in [0.4, 0.5) is 16.3 Å². The van der Waals surface area contributed by atoms with Crippen LogP contribution in [0.2, 0.25) is 0 Å². The van der Waals surface area contributed by atoms with E-state index in [0.29, 0.717) is 0 Å². The Morgan fingerprint density at radius 1 is 1.26 bits per heavy atom. The lowest BCUT2D eigenvalue weighted by Gasteiger charge is -2.08. The number of nitrogens with one attached hydrogen (secondary N) is 2. The molecular formula is C15H19N5O3. The molecule has 1 aromatic heterocycles. The second kappa shape index (κ2) is 7.39. The van der Waals surface area contributed by atoms with Crippen molar-refractivity contribution in [3.63, 3.8) is 0 Å². The van der Waals surface area contributed by atoms with E-state index in [-0.39, 0.29) is 24.9 Å². The lowest BCUT2D eigenvalue weighted by atomic mass is 10.1. The van der Waals surface area contributed by atoms with E-state index in [1.165, 1.54) is 11.0 Å². The fourth-order valence-electron chi connectivity index (χ4n) is 1.97. The number of amides is 2. The second-order valence-electron chi connectivity index (χ2n) is 4.97. The summed E-state index contributed by atoms with van der Waals surface area (Å²) in [6, 6.07) is 5.77. The first-order valence-corrected chi connectivity index (χ1v) is 7.19. The number of benzene rings is 1. The Morgan fingerprint density at radius 2 is 2.04 bits per heavy atom. The van der Waals surface area contributed by atoms with Gasteiger partial charge in [-0.25, -0.2) is 4.79 Å². The number of aryl methyl sites for hydroxylation is 2. The second-order valence-corrected chi connectivity index (χ2v) is 4.97. The van der Waals surface area contributed by atoms with Crippen molar-refractivity contribution in [3.05, 3.63) is 35.5 Å². The van der Waals surface area contributed by atoms with Crippen molar-refractivity contribution in [2.45, 2.75) is 27.3 Å². The molecule has 1 heterocycles. The molecule has 2 rings (SSSR count). The van der Waals surface area contributed by atoms with Crippen molar-refractivity contribution in [1.82, 2.24) is 15.0 Å². The van der Waals surface area contributed by atoms with E-state index in [9.17, 15) is 9.59 Å². The first kappa shape index (κ1) is 16.5. The van der Waals surface area contributed by atoms with E-state index in [1.807, 2.05) is 32.0 Å². The summed E-state index contributed by atoms with van der Waals surface area (Å²) in [7, 11) is 0. The minimum Gasteiger partial charge on any atom is -0.450 e. The molecule has 0 aliphatic carbocycles. The van der Waals surface area contributed by atoms with Crippen LogP contribution in [0.5, 0.6) is 0 Å². The van der Waals surface area contributed by atoms with Crippen LogP contribution in [0.25, 0.3) is 0 Å². The van der Waals surface area contributed by atoms with Gasteiger partial charge in [0.25, 0.3) is 0 Å². The molecular weight excluding hydrogens is 298 g/mol. The molecule has 0 aliphatic heterocycles. The van der Waals surface area contributed by atoms with E-state index >= 15 is 0 Å². The topological polar surface area (TPSA) is 98.1 Å². The molecule has 23 heavy (non-hydrogen) atoms. The zero-order chi connectivity index (χ0) is 16.8. The highest BCUT2D eigenvalue weighted by Gasteiger charge is 2.10. The molecule has 8 heteroatoms. The number of hydrogen-bond acceptors (Lipinski definition) is 5. The Labute approximate surface area is 133 Å². The average Bonchev–Trinajstić information content (AvgIpc) is 2.89. The molecule has 0 atom stereocenters. The highest BCUT2D eigenvalue weighted by molar-refractivity contribution is 5.91. The van der Waals surface area contributed by atoms with Crippen molar-refractivity contribution >= 4 is 23.5 Å². The van der Waals surface area contributed by atoms with Crippen molar-refractivity contribution in [2.24, 2.45) is 0 Å². The molecule has 0 spiro atoms. The van der Waals surface area contributed by atoms with E-state index in [0.717, 1.165) is 16.8 Å². The first-order valence-electron chi connectivity index (χ1n) is 7.19. The average molecular weight is 317 g/mol. The van der Waals surface area contributed by atoms with E-state index in [1.54, 1.807) is 6.92 Å². The maximum absolute atomic E-state index is 12.0. The molecule has 2 amide bonds. The molecule has 122 valence electrons. The summed E-state index contributed by atoms with van der Waals surface area (Å²) < 4.78 is 4.73. The van der Waals surface area contributed by atoms with Gasteiger partial charge in [0.2, 0.25) is 5.91 Å². The van der Waals surface area contributed by atoms with Crippen LogP contribution < -0.4 is 10.6 Å². The lowest BCUT2D eigenvalue weighted by molar-refractivity contribution is -0.117. The molecule has 0 unspecified atom stereocenters. The molecule has 0 bridgehead atoms. The SMILES string of the molecule is CCOC(=O)Nc1cnn(CC(=O)Nc2ccc(C)cc2C)n1. The van der Waals surface area contributed by atoms with Gasteiger partial charge < -0.3 is 10.1 Å². The largest absolute Gasteiger partial charge is 0.450 e. The predicted molar refractivity (Wildman–Crippen MR) is 85.2 cm³/mol. The van der Waals surface area contributed by atoms with Crippen LogP contribution >= 0.6 is 0 Å². The molecule has 2 aromatic rings. The number of carbonyl (C=O) groups is 2. The van der Waals surface area contributed by atoms with Crippen LogP contribution in [0.3, 0.4) is 0 Å². The minimum absolute atomic E-state index is 0.0577. The monoisotopic (exact) mass is 317 g/mol. The van der Waals surface area contributed by atoms with Crippen LogP contribution in [-0.2, 0) is 16.1 Å². The molecule has 0 saturated carbocycles. The minimum atomic E-state index is -0.612. The Balaban J connectivity index is 1.93. The summed E-state index contributed by atoms with van der Waals surface area (Å²) in [5.41, 5.74) is 2.86. The number of anilines is 2. The Morgan fingerprint density at radius 3 is 2.74 bits per heavy atom. The Kier molecular flexibility index (Phi) is 5.29.